The van der Waals surface area contributed by atoms with E-state index in [9.17, 15) is 4.79 Å². The summed E-state index contributed by atoms with van der Waals surface area (Å²) in [5.74, 6) is 0.436. The summed E-state index contributed by atoms with van der Waals surface area (Å²) in [4.78, 5) is 28.1. The second kappa shape index (κ2) is 6.98. The number of hydrogen-bond donors (Lipinski definition) is 1. The summed E-state index contributed by atoms with van der Waals surface area (Å²) in [7, 11) is 0. The number of anilines is 3. The number of rotatable bonds is 3. The molecule has 1 amide bonds. The van der Waals surface area contributed by atoms with Gasteiger partial charge in [0, 0.05) is 29.4 Å². The van der Waals surface area contributed by atoms with Crippen LogP contribution in [0.3, 0.4) is 0 Å². The first-order valence-corrected chi connectivity index (χ1v) is 9.55. The van der Waals surface area contributed by atoms with E-state index in [1.165, 1.54) is 11.9 Å². The van der Waals surface area contributed by atoms with Gasteiger partial charge in [0.05, 0.1) is 11.2 Å². The maximum atomic E-state index is 12.9. The minimum atomic E-state index is -0.285. The van der Waals surface area contributed by atoms with Crippen LogP contribution in [0.25, 0.3) is 10.9 Å². The van der Waals surface area contributed by atoms with Crippen molar-refractivity contribution in [3.63, 3.8) is 0 Å². The molecule has 6 nitrogen and oxygen atoms in total. The summed E-state index contributed by atoms with van der Waals surface area (Å²) < 4.78 is 0. The molecule has 0 saturated heterocycles. The Balaban J connectivity index is 1.46. The number of carbonyl (C=O) groups is 1. The van der Waals surface area contributed by atoms with Gasteiger partial charge in [0.2, 0.25) is 0 Å². The Kier molecular flexibility index (Phi) is 4.17. The molecule has 1 aliphatic heterocycles. The molecule has 3 heterocycles. The number of nitrogens with one attached hydrogen (secondary N) is 1. The van der Waals surface area contributed by atoms with Gasteiger partial charge in [0.25, 0.3) is 5.91 Å². The maximum Gasteiger partial charge on any atom is 0.274 e. The number of pyridine rings is 1. The molecule has 0 aliphatic carbocycles. The van der Waals surface area contributed by atoms with Crippen LogP contribution in [0, 0.1) is 0 Å². The first-order chi connectivity index (χ1) is 14.2. The predicted octanol–water partition coefficient (Wildman–Crippen LogP) is 4.36. The van der Waals surface area contributed by atoms with Crippen molar-refractivity contribution in [3.05, 3.63) is 84.4 Å². The molecule has 4 aromatic rings. The van der Waals surface area contributed by atoms with Crippen molar-refractivity contribution in [1.82, 2.24) is 15.0 Å². The van der Waals surface area contributed by atoms with E-state index in [1.54, 1.807) is 12.3 Å². The largest absolute Gasteiger partial charge is 0.323 e. The smallest absolute Gasteiger partial charge is 0.274 e. The topological polar surface area (TPSA) is 71.0 Å². The summed E-state index contributed by atoms with van der Waals surface area (Å²) in [5.41, 5.74) is 4.14. The van der Waals surface area contributed by atoms with Gasteiger partial charge in [-0.05, 0) is 37.1 Å². The van der Waals surface area contributed by atoms with Gasteiger partial charge in [0.15, 0.2) is 0 Å². The zero-order chi connectivity index (χ0) is 19.8. The van der Waals surface area contributed by atoms with Gasteiger partial charge in [-0.2, -0.15) is 0 Å². The van der Waals surface area contributed by atoms with Crippen molar-refractivity contribution in [2.24, 2.45) is 0 Å². The first-order valence-electron chi connectivity index (χ1n) is 9.55. The van der Waals surface area contributed by atoms with Gasteiger partial charge in [-0.15, -0.1) is 0 Å². The molecule has 6 heteroatoms. The Hall–Kier alpha value is -3.80. The Labute approximate surface area is 168 Å². The van der Waals surface area contributed by atoms with E-state index in [-0.39, 0.29) is 11.9 Å². The fourth-order valence-electron chi connectivity index (χ4n) is 3.91. The highest BCUT2D eigenvalue weighted by molar-refractivity contribution is 6.07. The van der Waals surface area contributed by atoms with E-state index in [2.05, 4.69) is 44.2 Å². The minimum Gasteiger partial charge on any atom is -0.323 e. The highest BCUT2D eigenvalue weighted by Crippen LogP contribution is 2.37. The van der Waals surface area contributed by atoms with Crippen LogP contribution in [0.1, 0.15) is 23.0 Å². The van der Waals surface area contributed by atoms with Gasteiger partial charge in [-0.1, -0.05) is 36.4 Å². The van der Waals surface area contributed by atoms with Crippen molar-refractivity contribution in [3.8, 4) is 0 Å². The lowest BCUT2D eigenvalue weighted by Gasteiger charge is -2.23. The van der Waals surface area contributed by atoms with Gasteiger partial charge in [0.1, 0.15) is 17.8 Å². The number of amides is 1. The summed E-state index contributed by atoms with van der Waals surface area (Å²) >= 11 is 0. The molecule has 0 fully saturated rings. The maximum absolute atomic E-state index is 12.9. The standard InChI is InChI=1S/C23H19N5O/c1-15-12-17-6-2-3-10-20(17)28(15)21-13-19(25-14-26-21)23(29)27-18-9-4-7-16-8-5-11-24-22(16)18/h2-11,13-15H,12H2,1H3,(H,27,29). The van der Waals surface area contributed by atoms with E-state index in [0.717, 1.165) is 28.8 Å². The van der Waals surface area contributed by atoms with Gasteiger partial charge >= 0.3 is 0 Å². The molecule has 0 saturated carbocycles. The lowest BCUT2D eigenvalue weighted by atomic mass is 10.1. The minimum absolute atomic E-state index is 0.264. The summed E-state index contributed by atoms with van der Waals surface area (Å²) in [6.07, 6.45) is 4.11. The highest BCUT2D eigenvalue weighted by Gasteiger charge is 2.28. The fraction of sp³-hybridized carbons (Fsp3) is 0.130. The average molecular weight is 381 g/mol. The first kappa shape index (κ1) is 17.3. The van der Waals surface area contributed by atoms with Gasteiger partial charge in [-0.25, -0.2) is 9.97 Å². The lowest BCUT2D eigenvalue weighted by molar-refractivity contribution is 0.102. The van der Waals surface area contributed by atoms with Crippen LogP contribution in [0.4, 0.5) is 17.2 Å². The molecule has 142 valence electrons. The molecule has 1 aliphatic rings. The lowest BCUT2D eigenvalue weighted by Crippen LogP contribution is -2.25. The summed E-state index contributed by atoms with van der Waals surface area (Å²) in [5, 5.41) is 3.91. The third-order valence-corrected chi connectivity index (χ3v) is 5.22. The molecule has 1 N–H and O–H groups in total. The number of aromatic nitrogens is 3. The number of fused-ring (bicyclic) bond motifs is 2. The predicted molar refractivity (Wildman–Crippen MR) is 113 cm³/mol. The second-order valence-electron chi connectivity index (χ2n) is 7.15. The van der Waals surface area contributed by atoms with Crippen LogP contribution in [-0.2, 0) is 6.42 Å². The molecular weight excluding hydrogens is 362 g/mol. The molecule has 2 aromatic carbocycles. The van der Waals surface area contributed by atoms with Crippen LogP contribution >= 0.6 is 0 Å². The van der Waals surface area contributed by atoms with Crippen LogP contribution in [0.5, 0.6) is 0 Å². The quantitative estimate of drug-likeness (QED) is 0.571. The van der Waals surface area contributed by atoms with E-state index < -0.39 is 0 Å². The Bertz CT molecular complexity index is 1220. The van der Waals surface area contributed by atoms with Gasteiger partial charge in [-0.3, -0.25) is 9.78 Å². The van der Waals surface area contributed by atoms with Crippen molar-refractivity contribution >= 4 is 34.0 Å². The third-order valence-electron chi connectivity index (χ3n) is 5.22. The Morgan fingerprint density at radius 3 is 2.83 bits per heavy atom. The van der Waals surface area contributed by atoms with E-state index in [1.807, 2.05) is 42.5 Å². The van der Waals surface area contributed by atoms with Crippen molar-refractivity contribution < 1.29 is 4.79 Å². The SMILES string of the molecule is CC1Cc2ccccc2N1c1cc(C(=O)Nc2cccc3cccnc23)ncn1. The van der Waals surface area contributed by atoms with E-state index in [0.29, 0.717) is 11.4 Å². The number of hydrogen-bond acceptors (Lipinski definition) is 5. The normalized spacial score (nSPS) is 15.3. The van der Waals surface area contributed by atoms with Crippen molar-refractivity contribution in [1.29, 1.82) is 0 Å². The number of para-hydroxylation sites is 2. The zero-order valence-corrected chi connectivity index (χ0v) is 15.9. The second-order valence-corrected chi connectivity index (χ2v) is 7.15. The average Bonchev–Trinajstić information content (AvgIpc) is 3.10. The summed E-state index contributed by atoms with van der Waals surface area (Å²) in [6, 6.07) is 19.8. The molecule has 0 spiro atoms. The van der Waals surface area contributed by atoms with Crippen LogP contribution in [-0.4, -0.2) is 26.9 Å². The molecule has 29 heavy (non-hydrogen) atoms. The third kappa shape index (κ3) is 3.08. The van der Waals surface area contributed by atoms with Crippen LogP contribution < -0.4 is 10.2 Å². The molecule has 1 unspecified atom stereocenters. The van der Waals surface area contributed by atoms with Crippen LogP contribution in [0.15, 0.2) is 73.2 Å². The molecular formula is C23H19N5O. The monoisotopic (exact) mass is 381 g/mol. The highest BCUT2D eigenvalue weighted by atomic mass is 16.1. The van der Waals surface area contributed by atoms with E-state index >= 15 is 0 Å². The number of benzene rings is 2. The summed E-state index contributed by atoms with van der Waals surface area (Å²) in [6.45, 7) is 2.16. The van der Waals surface area contributed by atoms with Crippen LogP contribution in [0.2, 0.25) is 0 Å². The van der Waals surface area contributed by atoms with Crippen molar-refractivity contribution in [2.75, 3.05) is 10.2 Å². The zero-order valence-electron chi connectivity index (χ0n) is 15.9. The molecule has 0 bridgehead atoms. The fourth-order valence-corrected chi connectivity index (χ4v) is 3.91. The van der Waals surface area contributed by atoms with Crippen molar-refractivity contribution in [2.45, 2.75) is 19.4 Å². The molecule has 5 rings (SSSR count). The molecule has 0 radical (unpaired) electrons. The Morgan fingerprint density at radius 1 is 1.03 bits per heavy atom. The number of nitrogens with zero attached hydrogens (tertiary/aromatic N) is 4. The van der Waals surface area contributed by atoms with Gasteiger partial charge < -0.3 is 10.2 Å². The molecule has 1 atom stereocenters. The number of carbonyl (C=O) groups excluding carboxylic acids is 1. The van der Waals surface area contributed by atoms with E-state index in [4.69, 9.17) is 0 Å². The Morgan fingerprint density at radius 2 is 1.90 bits per heavy atom. The molecule has 2 aromatic heterocycles.